The van der Waals surface area contributed by atoms with Crippen molar-refractivity contribution in [2.75, 3.05) is 0 Å². The lowest BCUT2D eigenvalue weighted by molar-refractivity contribution is 0.288. The van der Waals surface area contributed by atoms with E-state index in [4.69, 9.17) is 14.7 Å². The molecule has 0 radical (unpaired) electrons. The fraction of sp³-hybridized carbons (Fsp3) is 0. The molecule has 0 amide bonds. The lowest BCUT2D eigenvalue weighted by atomic mass is 10.1. The molecule has 0 saturated carbocycles. The van der Waals surface area contributed by atoms with Crippen LogP contribution in [-0.4, -0.2) is 22.5 Å². The first-order valence-electron chi connectivity index (χ1n) is 4.41. The van der Waals surface area contributed by atoms with Crippen LogP contribution in [0.5, 0.6) is 11.5 Å². The van der Waals surface area contributed by atoms with E-state index in [2.05, 4.69) is 0 Å². The number of phenols is 1. The second-order valence-corrected chi connectivity index (χ2v) is 3.14. The molecule has 5 heteroatoms. The third-order valence-electron chi connectivity index (χ3n) is 2.04. The lowest BCUT2D eigenvalue weighted by Gasteiger charge is -2.05. The Morgan fingerprint density at radius 1 is 0.933 bits per heavy atom. The summed E-state index contributed by atoms with van der Waals surface area (Å²) >= 11 is 0. The number of fused-ring (bicyclic) bond motifs is 1. The van der Waals surface area contributed by atoms with Crippen molar-refractivity contribution in [1.82, 2.24) is 0 Å². The normalized spacial score (nSPS) is 10.3. The molecule has 2 aromatic carbocycles. The Labute approximate surface area is 86.5 Å². The minimum absolute atomic E-state index is 0.193. The van der Waals surface area contributed by atoms with E-state index in [1.807, 2.05) is 0 Å². The van der Waals surface area contributed by atoms with Crippen LogP contribution in [0.2, 0.25) is 0 Å². The van der Waals surface area contributed by atoms with E-state index < -0.39 is 7.32 Å². The topological polar surface area (TPSA) is 69.9 Å². The van der Waals surface area contributed by atoms with E-state index in [1.54, 1.807) is 36.4 Å². The molecule has 0 aliphatic heterocycles. The van der Waals surface area contributed by atoms with Crippen molar-refractivity contribution in [2.24, 2.45) is 0 Å². The summed E-state index contributed by atoms with van der Waals surface area (Å²) in [6, 6.07) is 9.89. The van der Waals surface area contributed by atoms with Gasteiger partial charge in [0.15, 0.2) is 0 Å². The smallest absolute Gasteiger partial charge is 0.512 e. The Balaban J connectivity index is 2.43. The molecule has 0 spiro atoms. The number of hydrogen-bond donors (Lipinski definition) is 3. The molecule has 2 aromatic rings. The Kier molecular flexibility index (Phi) is 2.49. The highest BCUT2D eigenvalue weighted by atomic mass is 16.6. The Morgan fingerprint density at radius 3 is 2.33 bits per heavy atom. The zero-order valence-corrected chi connectivity index (χ0v) is 7.79. The average Bonchev–Trinajstić information content (AvgIpc) is 2.17. The quantitative estimate of drug-likeness (QED) is 0.635. The molecule has 76 valence electrons. The van der Waals surface area contributed by atoms with Crippen LogP contribution in [0.1, 0.15) is 0 Å². The van der Waals surface area contributed by atoms with E-state index in [-0.39, 0.29) is 5.75 Å². The van der Waals surface area contributed by atoms with Crippen molar-refractivity contribution >= 4 is 18.1 Å². The van der Waals surface area contributed by atoms with Crippen molar-refractivity contribution in [2.45, 2.75) is 0 Å². The first-order valence-corrected chi connectivity index (χ1v) is 4.41. The Bertz CT molecular complexity index is 484. The van der Waals surface area contributed by atoms with Gasteiger partial charge in [-0.25, -0.2) is 0 Å². The van der Waals surface area contributed by atoms with Gasteiger partial charge in [-0.2, -0.15) is 0 Å². The largest absolute Gasteiger partial charge is 0.707 e. The van der Waals surface area contributed by atoms with Crippen LogP contribution >= 0.6 is 0 Å². The summed E-state index contributed by atoms with van der Waals surface area (Å²) in [6.07, 6.45) is 0. The average molecular weight is 204 g/mol. The molecule has 2 rings (SSSR count). The molecule has 0 bridgehead atoms. The van der Waals surface area contributed by atoms with E-state index in [1.165, 1.54) is 0 Å². The molecule has 0 aliphatic carbocycles. The fourth-order valence-electron chi connectivity index (χ4n) is 1.41. The zero-order valence-electron chi connectivity index (χ0n) is 7.79. The molecule has 15 heavy (non-hydrogen) atoms. The molecule has 0 heterocycles. The molecule has 3 N–H and O–H groups in total. The van der Waals surface area contributed by atoms with Crippen molar-refractivity contribution in [3.63, 3.8) is 0 Å². The first-order chi connectivity index (χ1) is 7.15. The second kappa shape index (κ2) is 3.80. The molecule has 0 aliphatic rings. The van der Waals surface area contributed by atoms with Gasteiger partial charge in [0.25, 0.3) is 0 Å². The monoisotopic (exact) mass is 204 g/mol. The summed E-state index contributed by atoms with van der Waals surface area (Å²) in [5.74, 6) is 0.557. The zero-order chi connectivity index (χ0) is 10.8. The van der Waals surface area contributed by atoms with Crippen LogP contribution in [0.4, 0.5) is 0 Å². The third kappa shape index (κ3) is 2.20. The van der Waals surface area contributed by atoms with Gasteiger partial charge >= 0.3 is 7.32 Å². The van der Waals surface area contributed by atoms with Gasteiger partial charge in [-0.05, 0) is 35.0 Å². The molecule has 0 unspecified atom stereocenters. The Hall–Kier alpha value is -1.72. The molecule has 0 fully saturated rings. The molecule has 4 nitrogen and oxygen atoms in total. The van der Waals surface area contributed by atoms with E-state index >= 15 is 0 Å². The number of aromatic hydroxyl groups is 1. The highest BCUT2D eigenvalue weighted by Crippen LogP contribution is 2.24. The maximum absolute atomic E-state index is 9.23. The van der Waals surface area contributed by atoms with Gasteiger partial charge in [0.1, 0.15) is 11.5 Å². The molecule has 0 aromatic heterocycles. The number of hydrogen-bond acceptors (Lipinski definition) is 4. The number of rotatable bonds is 2. The van der Waals surface area contributed by atoms with Gasteiger partial charge < -0.3 is 19.8 Å². The van der Waals surface area contributed by atoms with E-state index in [9.17, 15) is 5.11 Å². The van der Waals surface area contributed by atoms with Crippen LogP contribution in [0.15, 0.2) is 36.4 Å². The van der Waals surface area contributed by atoms with E-state index in [0.717, 1.165) is 10.8 Å². The maximum Gasteiger partial charge on any atom is 0.707 e. The summed E-state index contributed by atoms with van der Waals surface area (Å²) in [5.41, 5.74) is 0. The fourth-order valence-corrected chi connectivity index (χ4v) is 1.41. The molecular formula is C10H9BO4. The summed E-state index contributed by atoms with van der Waals surface area (Å²) < 4.78 is 4.70. The second-order valence-electron chi connectivity index (χ2n) is 3.14. The minimum atomic E-state index is -1.82. The minimum Gasteiger partial charge on any atom is -0.512 e. The van der Waals surface area contributed by atoms with Gasteiger partial charge in [0.05, 0.1) is 0 Å². The van der Waals surface area contributed by atoms with Crippen molar-refractivity contribution in [3.05, 3.63) is 36.4 Å². The number of benzene rings is 2. The van der Waals surface area contributed by atoms with Gasteiger partial charge in [-0.15, -0.1) is 0 Å². The van der Waals surface area contributed by atoms with Crippen molar-refractivity contribution in [1.29, 1.82) is 0 Å². The summed E-state index contributed by atoms with van der Waals surface area (Å²) in [6.45, 7) is 0. The van der Waals surface area contributed by atoms with Crippen LogP contribution in [0.25, 0.3) is 10.8 Å². The van der Waals surface area contributed by atoms with E-state index in [0.29, 0.717) is 5.75 Å². The molecule has 0 atom stereocenters. The third-order valence-corrected chi connectivity index (χ3v) is 2.04. The predicted octanol–water partition coefficient (Wildman–Crippen LogP) is 0.894. The lowest BCUT2D eigenvalue weighted by Crippen LogP contribution is -2.20. The summed E-state index contributed by atoms with van der Waals surface area (Å²) in [5, 5.41) is 28.2. The standard InChI is InChI=1S/C10H9BO4/c12-9-3-1-8-6-10(15-11(13)14)4-2-7(8)5-9/h1-6,12-14H. The van der Waals surface area contributed by atoms with Crippen molar-refractivity contribution in [3.8, 4) is 11.5 Å². The predicted molar refractivity (Wildman–Crippen MR) is 56.4 cm³/mol. The van der Waals surface area contributed by atoms with Gasteiger partial charge in [0.2, 0.25) is 0 Å². The maximum atomic E-state index is 9.23. The molecule has 0 saturated heterocycles. The highest BCUT2D eigenvalue weighted by Gasteiger charge is 2.10. The van der Waals surface area contributed by atoms with Gasteiger partial charge in [-0.1, -0.05) is 12.1 Å². The SMILES string of the molecule is OB(O)Oc1ccc2cc(O)ccc2c1. The van der Waals surface area contributed by atoms with Crippen LogP contribution in [0, 0.1) is 0 Å². The van der Waals surface area contributed by atoms with Crippen LogP contribution < -0.4 is 4.65 Å². The summed E-state index contributed by atoms with van der Waals surface area (Å²) in [4.78, 5) is 0. The first kappa shape index (κ1) is 9.83. The van der Waals surface area contributed by atoms with Crippen molar-refractivity contribution < 1.29 is 19.8 Å². The highest BCUT2D eigenvalue weighted by molar-refractivity contribution is 6.33. The van der Waals surface area contributed by atoms with Gasteiger partial charge in [0, 0.05) is 0 Å². The Morgan fingerprint density at radius 2 is 1.60 bits per heavy atom. The summed E-state index contributed by atoms with van der Waals surface area (Å²) in [7, 11) is -1.82. The van der Waals surface area contributed by atoms with Gasteiger partial charge in [-0.3, -0.25) is 0 Å². The number of phenolic OH excluding ortho intramolecular Hbond substituents is 1. The van der Waals surface area contributed by atoms with Crippen LogP contribution in [0.3, 0.4) is 0 Å². The molecular weight excluding hydrogens is 195 g/mol. The van der Waals surface area contributed by atoms with Crippen LogP contribution in [-0.2, 0) is 0 Å².